The Labute approximate surface area is 204 Å². The number of benzene rings is 3. The van der Waals surface area contributed by atoms with E-state index in [1.165, 1.54) is 27.4 Å². The van der Waals surface area contributed by atoms with Gasteiger partial charge in [0.05, 0.1) is 0 Å². The Hall–Kier alpha value is -2.15. The topological polar surface area (TPSA) is 51.5 Å². The number of fused-ring (bicyclic) bond motifs is 3. The third-order valence-electron chi connectivity index (χ3n) is 5.72. The number of carboxylic acid groups (broad SMARTS) is 1. The van der Waals surface area contributed by atoms with E-state index in [1.807, 2.05) is 19.1 Å². The third kappa shape index (κ3) is 5.08. The molecular formula is C26H25Br2NO3. The largest absolute Gasteiger partial charge is 0.479 e. The van der Waals surface area contributed by atoms with E-state index in [4.69, 9.17) is 4.74 Å². The normalized spacial score (nSPS) is 12.5. The average molecular weight is 559 g/mol. The van der Waals surface area contributed by atoms with Gasteiger partial charge in [-0.15, -0.1) is 0 Å². The fourth-order valence-corrected chi connectivity index (χ4v) is 4.93. The highest BCUT2D eigenvalue weighted by Crippen LogP contribution is 2.33. The zero-order chi connectivity index (χ0) is 22.7. The summed E-state index contributed by atoms with van der Waals surface area (Å²) in [4.78, 5) is 11.3. The summed E-state index contributed by atoms with van der Waals surface area (Å²) in [6.07, 6.45) is 1.57. The van der Waals surface area contributed by atoms with Crippen molar-refractivity contribution in [3.63, 3.8) is 0 Å². The molecule has 3 aromatic carbocycles. The molecule has 4 aromatic rings. The molecule has 0 fully saturated rings. The third-order valence-corrected chi connectivity index (χ3v) is 6.71. The molecule has 166 valence electrons. The van der Waals surface area contributed by atoms with E-state index in [2.05, 4.69) is 85.0 Å². The number of halogens is 2. The summed E-state index contributed by atoms with van der Waals surface area (Å²) in [5.74, 6) is -0.916. The van der Waals surface area contributed by atoms with Crippen molar-refractivity contribution in [3.05, 3.63) is 80.7 Å². The predicted molar refractivity (Wildman–Crippen MR) is 136 cm³/mol. The Morgan fingerprint density at radius 3 is 2.03 bits per heavy atom. The van der Waals surface area contributed by atoms with E-state index < -0.39 is 12.1 Å². The standard InChI is InChI=1S/C26H25Br2NO3/c1-2-32-25(26(30)31)14-18-7-5-17(6-8-18)4-3-13-29-23-11-9-19(27)15-21(23)22-16-20(28)10-12-24(22)29/h5-12,15-16,25H,2-4,13-14H2,1H3,(H,30,31). The molecule has 4 rings (SSSR count). The summed E-state index contributed by atoms with van der Waals surface area (Å²) in [5, 5.41) is 11.8. The van der Waals surface area contributed by atoms with Gasteiger partial charge in [-0.25, -0.2) is 4.79 Å². The first-order valence-electron chi connectivity index (χ1n) is 10.8. The minimum absolute atomic E-state index is 0.385. The molecule has 0 bridgehead atoms. The number of aromatic nitrogens is 1. The number of hydrogen-bond acceptors (Lipinski definition) is 2. The monoisotopic (exact) mass is 557 g/mol. The molecule has 0 spiro atoms. The highest BCUT2D eigenvalue weighted by atomic mass is 79.9. The first kappa shape index (κ1) is 23.0. The second-order valence-electron chi connectivity index (χ2n) is 7.88. The SMILES string of the molecule is CCOC(Cc1ccc(CCCn2c3ccc(Br)cc3c3cc(Br)ccc32)cc1)C(=O)O. The summed E-state index contributed by atoms with van der Waals surface area (Å²) in [6, 6.07) is 21.1. The van der Waals surface area contributed by atoms with Gasteiger partial charge in [-0.05, 0) is 67.3 Å². The number of aryl methyl sites for hydroxylation is 2. The van der Waals surface area contributed by atoms with Gasteiger partial charge in [-0.1, -0.05) is 56.1 Å². The number of carboxylic acids is 1. The first-order chi connectivity index (χ1) is 15.5. The van der Waals surface area contributed by atoms with Crippen molar-refractivity contribution in [1.29, 1.82) is 0 Å². The van der Waals surface area contributed by atoms with Gasteiger partial charge in [-0.2, -0.15) is 0 Å². The lowest BCUT2D eigenvalue weighted by Gasteiger charge is -2.13. The van der Waals surface area contributed by atoms with E-state index >= 15 is 0 Å². The van der Waals surface area contributed by atoms with Crippen molar-refractivity contribution in [2.24, 2.45) is 0 Å². The number of rotatable bonds is 9. The number of ether oxygens (including phenoxy) is 1. The van der Waals surface area contributed by atoms with Crippen LogP contribution in [0.25, 0.3) is 21.8 Å². The highest BCUT2D eigenvalue weighted by Gasteiger charge is 2.17. The van der Waals surface area contributed by atoms with Crippen LogP contribution >= 0.6 is 31.9 Å². The molecule has 0 aliphatic carbocycles. The van der Waals surface area contributed by atoms with Crippen molar-refractivity contribution >= 4 is 59.6 Å². The van der Waals surface area contributed by atoms with Gasteiger partial charge < -0.3 is 14.4 Å². The van der Waals surface area contributed by atoms with Crippen LogP contribution in [0.15, 0.2) is 69.6 Å². The number of hydrogen-bond donors (Lipinski definition) is 1. The molecule has 1 unspecified atom stereocenters. The molecule has 1 heterocycles. The quantitative estimate of drug-likeness (QED) is 0.241. The van der Waals surface area contributed by atoms with Gasteiger partial charge in [0.25, 0.3) is 0 Å². The maximum Gasteiger partial charge on any atom is 0.333 e. The van der Waals surface area contributed by atoms with Gasteiger partial charge in [0.1, 0.15) is 0 Å². The average Bonchev–Trinajstić information content (AvgIpc) is 3.06. The number of carbonyl (C=O) groups is 1. The predicted octanol–water partition coefficient (Wildman–Crippen LogP) is 6.98. The van der Waals surface area contributed by atoms with Crippen LogP contribution in [0.3, 0.4) is 0 Å². The molecule has 0 aliphatic rings. The summed E-state index contributed by atoms with van der Waals surface area (Å²) in [6.45, 7) is 3.13. The summed E-state index contributed by atoms with van der Waals surface area (Å²) < 4.78 is 9.88. The molecule has 4 nitrogen and oxygen atoms in total. The fraction of sp³-hybridized carbons (Fsp3) is 0.269. The number of aliphatic carboxylic acids is 1. The van der Waals surface area contributed by atoms with Crippen LogP contribution in [-0.4, -0.2) is 28.4 Å². The second kappa shape index (κ2) is 10.2. The fourth-order valence-electron chi connectivity index (χ4n) is 4.21. The van der Waals surface area contributed by atoms with Crippen molar-refractivity contribution in [1.82, 2.24) is 4.57 Å². The van der Waals surface area contributed by atoms with E-state index in [-0.39, 0.29) is 0 Å². The van der Waals surface area contributed by atoms with Crippen molar-refractivity contribution in [3.8, 4) is 0 Å². The molecule has 0 saturated heterocycles. The Morgan fingerprint density at radius 1 is 0.938 bits per heavy atom. The van der Waals surface area contributed by atoms with Crippen molar-refractivity contribution < 1.29 is 14.6 Å². The minimum atomic E-state index is -0.916. The summed E-state index contributed by atoms with van der Waals surface area (Å²) >= 11 is 7.21. The van der Waals surface area contributed by atoms with E-state index in [9.17, 15) is 9.90 Å². The molecule has 1 N–H and O–H groups in total. The van der Waals surface area contributed by atoms with Gasteiger partial charge in [0.15, 0.2) is 6.10 Å². The van der Waals surface area contributed by atoms with Crippen LogP contribution in [0, 0.1) is 0 Å². The smallest absolute Gasteiger partial charge is 0.333 e. The first-order valence-corrected chi connectivity index (χ1v) is 12.3. The summed E-state index contributed by atoms with van der Waals surface area (Å²) in [7, 11) is 0. The van der Waals surface area contributed by atoms with Crippen molar-refractivity contribution in [2.75, 3.05) is 6.61 Å². The van der Waals surface area contributed by atoms with Gasteiger partial charge in [0, 0.05) is 50.3 Å². The number of nitrogens with zero attached hydrogens (tertiary/aromatic N) is 1. The zero-order valence-corrected chi connectivity index (χ0v) is 21.0. The summed E-state index contributed by atoms with van der Waals surface area (Å²) in [5.41, 5.74) is 4.72. The molecule has 32 heavy (non-hydrogen) atoms. The Kier molecular flexibility index (Phi) is 7.33. The van der Waals surface area contributed by atoms with Crippen LogP contribution in [0.5, 0.6) is 0 Å². The Morgan fingerprint density at radius 2 is 1.50 bits per heavy atom. The lowest BCUT2D eigenvalue weighted by Crippen LogP contribution is -2.26. The van der Waals surface area contributed by atoms with Crippen LogP contribution in [0.1, 0.15) is 24.5 Å². The van der Waals surface area contributed by atoms with Gasteiger partial charge in [0.2, 0.25) is 0 Å². The maximum atomic E-state index is 11.3. The van der Waals surface area contributed by atoms with Crippen LogP contribution < -0.4 is 0 Å². The molecule has 0 amide bonds. The lowest BCUT2D eigenvalue weighted by molar-refractivity contribution is -0.149. The zero-order valence-electron chi connectivity index (χ0n) is 17.9. The maximum absolute atomic E-state index is 11.3. The Balaban J connectivity index is 1.47. The van der Waals surface area contributed by atoms with Crippen LogP contribution in [0.2, 0.25) is 0 Å². The van der Waals surface area contributed by atoms with Crippen molar-refractivity contribution in [2.45, 2.75) is 38.8 Å². The molecule has 1 aromatic heterocycles. The molecular weight excluding hydrogens is 534 g/mol. The molecule has 0 radical (unpaired) electrons. The van der Waals surface area contributed by atoms with Crippen LogP contribution in [-0.2, 0) is 28.9 Å². The van der Waals surface area contributed by atoms with E-state index in [0.29, 0.717) is 13.0 Å². The highest BCUT2D eigenvalue weighted by molar-refractivity contribution is 9.10. The van der Waals surface area contributed by atoms with E-state index in [0.717, 1.165) is 33.9 Å². The lowest BCUT2D eigenvalue weighted by atomic mass is 10.0. The molecule has 0 saturated carbocycles. The molecule has 6 heteroatoms. The molecule has 1 atom stereocenters. The minimum Gasteiger partial charge on any atom is -0.479 e. The molecule has 0 aliphatic heterocycles. The van der Waals surface area contributed by atoms with Gasteiger partial charge in [-0.3, -0.25) is 0 Å². The van der Waals surface area contributed by atoms with E-state index in [1.54, 1.807) is 0 Å². The second-order valence-corrected chi connectivity index (χ2v) is 9.71. The van der Waals surface area contributed by atoms with Gasteiger partial charge >= 0.3 is 5.97 Å². The van der Waals surface area contributed by atoms with Crippen LogP contribution in [0.4, 0.5) is 0 Å². The Bertz CT molecular complexity index is 1190.